The topological polar surface area (TPSA) is 3.24 Å². The van der Waals surface area contributed by atoms with E-state index in [4.69, 9.17) is 0 Å². The van der Waals surface area contributed by atoms with Gasteiger partial charge in [-0.1, -0.05) is 36.7 Å². The van der Waals surface area contributed by atoms with E-state index in [0.29, 0.717) is 19.3 Å². The molecule has 3 fully saturated rings. The van der Waals surface area contributed by atoms with E-state index in [1.165, 1.54) is 0 Å². The molecule has 2 bridgehead atoms. The molecule has 0 aromatic heterocycles. The average molecular weight is 293 g/mol. The number of halogens is 3. The monoisotopic (exact) mass is 293 g/mol. The van der Waals surface area contributed by atoms with Crippen LogP contribution in [0.4, 0.5) is 18.6 Å². The van der Waals surface area contributed by atoms with Crippen molar-refractivity contribution in [3.63, 3.8) is 0 Å². The summed E-state index contributed by atoms with van der Waals surface area (Å²) in [4.78, 5) is 1.99. The van der Waals surface area contributed by atoms with E-state index in [0.717, 1.165) is 11.3 Å². The maximum atomic E-state index is 12.8. The Kier molecular flexibility index (Phi) is 3.99. The number of hydrogen-bond acceptors (Lipinski definition) is 1. The summed E-state index contributed by atoms with van der Waals surface area (Å²) in [5.41, 5.74) is 2.00. The van der Waals surface area contributed by atoms with Gasteiger partial charge in [-0.25, -0.2) is 0 Å². The van der Waals surface area contributed by atoms with Gasteiger partial charge in [0, 0.05) is 19.8 Å². The standard InChI is InChI=1S/C13H16BF3N.K/c1-18(2)11-5-3-10(4-6-11)12-7-13(8-12,9-12)14(15,16)17;/h3-6H,7-9H2,1-2H3;/q-1;+1. The number of rotatable bonds is 3. The van der Waals surface area contributed by atoms with Crippen LogP contribution in [0.5, 0.6) is 0 Å². The molecule has 0 radical (unpaired) electrons. The van der Waals surface area contributed by atoms with E-state index in [-0.39, 0.29) is 56.8 Å². The third-order valence-corrected chi connectivity index (χ3v) is 4.76. The van der Waals surface area contributed by atoms with Crippen molar-refractivity contribution in [2.45, 2.75) is 30.0 Å². The molecule has 0 N–H and O–H groups in total. The fourth-order valence-corrected chi connectivity index (χ4v) is 3.63. The Morgan fingerprint density at radius 1 is 1.00 bits per heavy atom. The molecular weight excluding hydrogens is 277 g/mol. The minimum atomic E-state index is -4.66. The van der Waals surface area contributed by atoms with Crippen LogP contribution in [-0.4, -0.2) is 21.1 Å². The number of nitrogens with zero attached hydrogens (tertiary/aromatic N) is 1. The molecule has 0 unspecified atom stereocenters. The Morgan fingerprint density at radius 3 is 1.84 bits per heavy atom. The predicted molar refractivity (Wildman–Crippen MR) is 68.1 cm³/mol. The third kappa shape index (κ3) is 2.24. The Morgan fingerprint density at radius 2 is 1.47 bits per heavy atom. The molecule has 3 aliphatic rings. The molecular formula is C13H16BF3KN. The van der Waals surface area contributed by atoms with Crippen LogP contribution in [0.2, 0.25) is 5.31 Å². The quantitative estimate of drug-likeness (QED) is 0.745. The van der Waals surface area contributed by atoms with Gasteiger partial charge in [-0.15, -0.1) is 0 Å². The predicted octanol–water partition coefficient (Wildman–Crippen LogP) is 0.780. The minimum absolute atomic E-state index is 0. The Hall–Kier alpha value is 0.511. The largest absolute Gasteiger partial charge is 1.00 e. The van der Waals surface area contributed by atoms with Gasteiger partial charge in [-0.3, -0.25) is 0 Å². The van der Waals surface area contributed by atoms with Gasteiger partial charge >= 0.3 is 58.4 Å². The molecule has 0 aliphatic heterocycles. The van der Waals surface area contributed by atoms with Crippen molar-refractivity contribution in [3.05, 3.63) is 29.8 Å². The van der Waals surface area contributed by atoms with E-state index in [1.807, 2.05) is 43.3 Å². The first kappa shape index (κ1) is 15.9. The fraction of sp³-hybridized carbons (Fsp3) is 0.538. The summed E-state index contributed by atoms with van der Waals surface area (Å²) in [5.74, 6) is 0. The first-order valence-electron chi connectivity index (χ1n) is 6.25. The van der Waals surface area contributed by atoms with Crippen molar-refractivity contribution in [1.29, 1.82) is 0 Å². The molecule has 3 saturated carbocycles. The normalized spacial score (nSPS) is 31.8. The molecule has 19 heavy (non-hydrogen) atoms. The first-order valence-corrected chi connectivity index (χ1v) is 6.25. The van der Waals surface area contributed by atoms with E-state index < -0.39 is 12.3 Å². The SMILES string of the molecule is CN(C)c1ccc(C23CC([B-](F)(F)F)(C2)C3)cc1.[K+]. The van der Waals surface area contributed by atoms with Crippen LogP contribution in [0.25, 0.3) is 0 Å². The van der Waals surface area contributed by atoms with Crippen LogP contribution in [0.15, 0.2) is 24.3 Å². The maximum Gasteiger partial charge on any atom is 1.00 e. The first-order chi connectivity index (χ1) is 8.28. The summed E-state index contributed by atoms with van der Waals surface area (Å²) >= 11 is 0. The summed E-state index contributed by atoms with van der Waals surface area (Å²) in [5, 5.41) is -1.29. The van der Waals surface area contributed by atoms with Crippen LogP contribution >= 0.6 is 0 Å². The molecule has 6 heteroatoms. The van der Waals surface area contributed by atoms with Gasteiger partial charge in [0.2, 0.25) is 0 Å². The maximum absolute atomic E-state index is 12.8. The van der Waals surface area contributed by atoms with E-state index >= 15 is 0 Å². The summed E-state index contributed by atoms with van der Waals surface area (Å²) < 4.78 is 38.5. The van der Waals surface area contributed by atoms with Crippen molar-refractivity contribution in [3.8, 4) is 0 Å². The fourth-order valence-electron chi connectivity index (χ4n) is 3.63. The minimum Gasteiger partial charge on any atom is -0.449 e. The molecule has 4 rings (SSSR count). The van der Waals surface area contributed by atoms with Gasteiger partial charge in [0.25, 0.3) is 0 Å². The van der Waals surface area contributed by atoms with Gasteiger partial charge in [0.05, 0.1) is 0 Å². The second-order valence-corrected chi connectivity index (χ2v) is 6.19. The van der Waals surface area contributed by atoms with Crippen LogP contribution in [-0.2, 0) is 5.41 Å². The second-order valence-electron chi connectivity index (χ2n) is 6.19. The summed E-state index contributed by atoms with van der Waals surface area (Å²) in [6, 6.07) is 7.95. The van der Waals surface area contributed by atoms with Gasteiger partial charge < -0.3 is 17.8 Å². The van der Waals surface area contributed by atoms with Crippen molar-refractivity contribution in [2.24, 2.45) is 0 Å². The van der Waals surface area contributed by atoms with Crippen LogP contribution in [0.3, 0.4) is 0 Å². The number of benzene rings is 1. The smallest absolute Gasteiger partial charge is 0.449 e. The third-order valence-electron chi connectivity index (χ3n) is 4.76. The van der Waals surface area contributed by atoms with Gasteiger partial charge in [0.1, 0.15) is 0 Å². The van der Waals surface area contributed by atoms with Crippen LogP contribution in [0.1, 0.15) is 24.8 Å². The molecule has 0 saturated heterocycles. The molecule has 3 aliphatic carbocycles. The van der Waals surface area contributed by atoms with Crippen LogP contribution < -0.4 is 56.3 Å². The summed E-state index contributed by atoms with van der Waals surface area (Å²) in [7, 11) is 3.91. The van der Waals surface area contributed by atoms with Crippen molar-refractivity contribution in [1.82, 2.24) is 0 Å². The molecule has 98 valence electrons. The van der Waals surface area contributed by atoms with E-state index in [2.05, 4.69) is 0 Å². The van der Waals surface area contributed by atoms with E-state index in [1.54, 1.807) is 0 Å². The van der Waals surface area contributed by atoms with Crippen molar-refractivity contribution >= 4 is 12.7 Å². The zero-order valence-corrected chi connectivity index (χ0v) is 14.7. The molecule has 1 aromatic carbocycles. The second kappa shape index (κ2) is 4.77. The number of hydrogen-bond donors (Lipinski definition) is 0. The molecule has 0 atom stereocenters. The van der Waals surface area contributed by atoms with Crippen molar-refractivity contribution < 1.29 is 64.3 Å². The molecule has 0 spiro atoms. The van der Waals surface area contributed by atoms with Crippen molar-refractivity contribution in [2.75, 3.05) is 19.0 Å². The summed E-state index contributed by atoms with van der Waals surface area (Å²) in [6.07, 6.45) is 0.931. The van der Waals surface area contributed by atoms with E-state index in [9.17, 15) is 12.9 Å². The zero-order valence-electron chi connectivity index (χ0n) is 11.6. The summed E-state index contributed by atoms with van der Waals surface area (Å²) in [6.45, 7) is -4.66. The van der Waals surface area contributed by atoms with Gasteiger partial charge in [-0.2, -0.15) is 0 Å². The average Bonchev–Trinajstić information content (AvgIpc) is 2.11. The Balaban J connectivity index is 0.00000133. The number of anilines is 1. The zero-order chi connectivity index (χ0) is 13.2. The molecule has 1 aromatic rings. The Bertz CT molecular complexity index is 464. The molecule has 1 nitrogen and oxygen atoms in total. The molecule has 0 heterocycles. The van der Waals surface area contributed by atoms with Crippen LogP contribution in [0, 0.1) is 0 Å². The van der Waals surface area contributed by atoms with Gasteiger partial charge in [-0.05, 0) is 23.1 Å². The molecule has 0 amide bonds. The Labute approximate surface area is 154 Å². The van der Waals surface area contributed by atoms with Gasteiger partial charge in [0.15, 0.2) is 0 Å².